The number of rotatable bonds is 7. The summed E-state index contributed by atoms with van der Waals surface area (Å²) in [5, 5.41) is 4.12. The van der Waals surface area contributed by atoms with Crippen molar-refractivity contribution in [2.24, 2.45) is 0 Å². The first-order valence-electron chi connectivity index (χ1n) is 9.64. The van der Waals surface area contributed by atoms with E-state index < -0.39 is 0 Å². The molecule has 144 valence electrons. The van der Waals surface area contributed by atoms with Crippen LogP contribution in [-0.4, -0.2) is 44.8 Å². The van der Waals surface area contributed by atoms with Gasteiger partial charge in [-0.05, 0) is 36.1 Å². The standard InChI is InChI=1S/C22H24N4O2/c27-22(20-10-8-19(9-11-20)14-26-17-23-16-24-26)25(15-21-7-4-12-28-21)13-18-5-2-1-3-6-18/h1-3,5-6,8-11,16-17,21H,4,7,12-15H2/t21-/m0/s1. The van der Waals surface area contributed by atoms with Crippen molar-refractivity contribution in [2.45, 2.75) is 32.0 Å². The molecule has 6 heteroatoms. The monoisotopic (exact) mass is 376 g/mol. The van der Waals surface area contributed by atoms with Gasteiger partial charge in [0.25, 0.3) is 5.91 Å². The molecule has 3 aromatic rings. The summed E-state index contributed by atoms with van der Waals surface area (Å²) >= 11 is 0. The Bertz CT molecular complexity index is 873. The summed E-state index contributed by atoms with van der Waals surface area (Å²) in [5.41, 5.74) is 2.89. The average Bonchev–Trinajstić information content (AvgIpc) is 3.43. The third-order valence-electron chi connectivity index (χ3n) is 4.96. The van der Waals surface area contributed by atoms with Gasteiger partial charge in [0.2, 0.25) is 0 Å². The zero-order chi connectivity index (χ0) is 19.2. The molecular formula is C22H24N4O2. The van der Waals surface area contributed by atoms with Crippen LogP contribution in [0, 0.1) is 0 Å². The van der Waals surface area contributed by atoms with Gasteiger partial charge in [-0.2, -0.15) is 5.10 Å². The van der Waals surface area contributed by atoms with Gasteiger partial charge in [0.15, 0.2) is 0 Å². The van der Waals surface area contributed by atoms with Crippen LogP contribution in [0.5, 0.6) is 0 Å². The predicted molar refractivity (Wildman–Crippen MR) is 106 cm³/mol. The molecule has 1 amide bonds. The van der Waals surface area contributed by atoms with Crippen LogP contribution in [0.3, 0.4) is 0 Å². The second-order valence-electron chi connectivity index (χ2n) is 7.10. The molecule has 0 radical (unpaired) electrons. The summed E-state index contributed by atoms with van der Waals surface area (Å²) in [6.45, 7) is 2.63. The molecule has 2 aromatic carbocycles. The molecule has 0 bridgehead atoms. The van der Waals surface area contributed by atoms with Crippen molar-refractivity contribution in [3.05, 3.63) is 83.9 Å². The number of hydrogen-bond acceptors (Lipinski definition) is 4. The van der Waals surface area contributed by atoms with E-state index in [-0.39, 0.29) is 12.0 Å². The summed E-state index contributed by atoms with van der Waals surface area (Å²) in [6, 6.07) is 17.8. The molecule has 4 rings (SSSR count). The first kappa shape index (κ1) is 18.4. The Morgan fingerprint density at radius 2 is 1.93 bits per heavy atom. The lowest BCUT2D eigenvalue weighted by molar-refractivity contribution is 0.0507. The van der Waals surface area contributed by atoms with Crippen molar-refractivity contribution >= 4 is 5.91 Å². The van der Waals surface area contributed by atoms with E-state index in [1.807, 2.05) is 47.4 Å². The second kappa shape index (κ2) is 8.80. The summed E-state index contributed by atoms with van der Waals surface area (Å²) < 4.78 is 7.54. The lowest BCUT2D eigenvalue weighted by atomic mass is 10.1. The molecule has 1 aliphatic heterocycles. The quantitative estimate of drug-likeness (QED) is 0.636. The van der Waals surface area contributed by atoms with Gasteiger partial charge in [-0.1, -0.05) is 42.5 Å². The molecule has 0 unspecified atom stereocenters. The van der Waals surface area contributed by atoms with E-state index in [0.29, 0.717) is 25.2 Å². The van der Waals surface area contributed by atoms with Gasteiger partial charge in [0, 0.05) is 25.3 Å². The van der Waals surface area contributed by atoms with Crippen LogP contribution in [0.25, 0.3) is 0 Å². The summed E-state index contributed by atoms with van der Waals surface area (Å²) in [7, 11) is 0. The lowest BCUT2D eigenvalue weighted by Gasteiger charge is -2.26. The van der Waals surface area contributed by atoms with Crippen molar-refractivity contribution in [2.75, 3.05) is 13.2 Å². The highest BCUT2D eigenvalue weighted by atomic mass is 16.5. The Labute approximate surface area is 164 Å². The summed E-state index contributed by atoms with van der Waals surface area (Å²) in [5.74, 6) is 0.0339. The number of benzene rings is 2. The highest BCUT2D eigenvalue weighted by molar-refractivity contribution is 5.94. The molecule has 0 N–H and O–H groups in total. The molecule has 2 heterocycles. The van der Waals surface area contributed by atoms with E-state index in [1.54, 1.807) is 11.0 Å². The Morgan fingerprint density at radius 3 is 2.61 bits per heavy atom. The highest BCUT2D eigenvalue weighted by Gasteiger charge is 2.23. The van der Waals surface area contributed by atoms with Gasteiger partial charge in [-0.3, -0.25) is 4.79 Å². The van der Waals surface area contributed by atoms with E-state index in [1.165, 1.54) is 6.33 Å². The second-order valence-corrected chi connectivity index (χ2v) is 7.10. The molecule has 0 spiro atoms. The molecule has 1 fully saturated rings. The third-order valence-corrected chi connectivity index (χ3v) is 4.96. The molecule has 6 nitrogen and oxygen atoms in total. The fourth-order valence-electron chi connectivity index (χ4n) is 3.49. The van der Waals surface area contributed by atoms with E-state index in [4.69, 9.17) is 4.74 Å². The van der Waals surface area contributed by atoms with Crippen LogP contribution < -0.4 is 0 Å². The van der Waals surface area contributed by atoms with Gasteiger partial charge in [0.1, 0.15) is 12.7 Å². The number of hydrogen-bond donors (Lipinski definition) is 0. The zero-order valence-electron chi connectivity index (χ0n) is 15.8. The molecule has 1 atom stereocenters. The largest absolute Gasteiger partial charge is 0.376 e. The number of nitrogens with zero attached hydrogens (tertiary/aromatic N) is 4. The highest BCUT2D eigenvalue weighted by Crippen LogP contribution is 2.18. The molecule has 0 saturated carbocycles. The van der Waals surface area contributed by atoms with Gasteiger partial charge in [-0.15, -0.1) is 0 Å². The van der Waals surface area contributed by atoms with Crippen LogP contribution in [0.15, 0.2) is 67.3 Å². The van der Waals surface area contributed by atoms with Gasteiger partial charge >= 0.3 is 0 Å². The van der Waals surface area contributed by atoms with Crippen LogP contribution in [0.4, 0.5) is 0 Å². The molecular weight excluding hydrogens is 352 g/mol. The number of amides is 1. The maximum atomic E-state index is 13.2. The Hall–Kier alpha value is -2.99. The SMILES string of the molecule is O=C(c1ccc(Cn2cncn2)cc1)N(Cc1ccccc1)C[C@@H]1CCCO1. The van der Waals surface area contributed by atoms with E-state index in [0.717, 1.165) is 30.6 Å². The van der Waals surface area contributed by atoms with Crippen molar-refractivity contribution in [1.82, 2.24) is 19.7 Å². The van der Waals surface area contributed by atoms with Gasteiger partial charge in [-0.25, -0.2) is 9.67 Å². The fourth-order valence-corrected chi connectivity index (χ4v) is 3.49. The average molecular weight is 376 g/mol. The van der Waals surface area contributed by atoms with E-state index in [2.05, 4.69) is 22.2 Å². The smallest absolute Gasteiger partial charge is 0.254 e. The summed E-state index contributed by atoms with van der Waals surface area (Å²) in [6.07, 6.45) is 5.40. The normalized spacial score (nSPS) is 16.2. The molecule has 1 aromatic heterocycles. The number of carbonyl (C=O) groups excluding carboxylic acids is 1. The minimum Gasteiger partial charge on any atom is -0.376 e. The molecule has 1 saturated heterocycles. The first-order chi connectivity index (χ1) is 13.8. The van der Waals surface area contributed by atoms with Crippen molar-refractivity contribution < 1.29 is 9.53 Å². The lowest BCUT2D eigenvalue weighted by Crippen LogP contribution is -2.37. The summed E-state index contributed by atoms with van der Waals surface area (Å²) in [4.78, 5) is 19.1. The first-order valence-corrected chi connectivity index (χ1v) is 9.64. The number of aromatic nitrogens is 3. The maximum absolute atomic E-state index is 13.2. The van der Waals surface area contributed by atoms with Crippen molar-refractivity contribution in [3.8, 4) is 0 Å². The van der Waals surface area contributed by atoms with Crippen LogP contribution in [-0.2, 0) is 17.8 Å². The topological polar surface area (TPSA) is 60.2 Å². The Morgan fingerprint density at radius 1 is 1.11 bits per heavy atom. The minimum absolute atomic E-state index is 0.0339. The number of ether oxygens (including phenoxy) is 1. The Kier molecular flexibility index (Phi) is 5.77. The molecule has 0 aliphatic carbocycles. The fraction of sp³-hybridized carbons (Fsp3) is 0.318. The minimum atomic E-state index is 0.0339. The molecule has 28 heavy (non-hydrogen) atoms. The number of carbonyl (C=O) groups is 1. The van der Waals surface area contributed by atoms with Crippen molar-refractivity contribution in [3.63, 3.8) is 0 Å². The molecule has 1 aliphatic rings. The third kappa shape index (κ3) is 4.64. The van der Waals surface area contributed by atoms with Crippen LogP contribution in [0.2, 0.25) is 0 Å². The van der Waals surface area contributed by atoms with E-state index >= 15 is 0 Å². The van der Waals surface area contributed by atoms with Gasteiger partial charge < -0.3 is 9.64 Å². The van der Waals surface area contributed by atoms with Gasteiger partial charge in [0.05, 0.1) is 12.6 Å². The maximum Gasteiger partial charge on any atom is 0.254 e. The zero-order valence-corrected chi connectivity index (χ0v) is 15.8. The van der Waals surface area contributed by atoms with E-state index in [9.17, 15) is 4.79 Å². The Balaban J connectivity index is 1.48. The van der Waals surface area contributed by atoms with Crippen LogP contribution >= 0.6 is 0 Å². The van der Waals surface area contributed by atoms with Crippen molar-refractivity contribution in [1.29, 1.82) is 0 Å². The predicted octanol–water partition coefficient (Wildman–Crippen LogP) is 3.15. The van der Waals surface area contributed by atoms with Crippen LogP contribution in [0.1, 0.15) is 34.3 Å².